The van der Waals surface area contributed by atoms with Gasteiger partial charge < -0.3 is 5.11 Å². The van der Waals surface area contributed by atoms with Crippen LogP contribution in [0.3, 0.4) is 0 Å². The first kappa shape index (κ1) is 12.6. The van der Waals surface area contributed by atoms with Gasteiger partial charge in [0, 0.05) is 38.0 Å². The van der Waals surface area contributed by atoms with Crippen molar-refractivity contribution in [2.24, 2.45) is 5.92 Å². The number of aryl methyl sites for hydroxylation is 2. The van der Waals surface area contributed by atoms with Gasteiger partial charge in [0.25, 0.3) is 0 Å². The van der Waals surface area contributed by atoms with Gasteiger partial charge >= 0.3 is 0 Å². The zero-order valence-electron chi connectivity index (χ0n) is 10.9. The van der Waals surface area contributed by atoms with Crippen molar-refractivity contribution >= 4 is 0 Å². The fourth-order valence-corrected chi connectivity index (χ4v) is 2.56. The lowest BCUT2D eigenvalue weighted by atomic mass is 9.99. The minimum absolute atomic E-state index is 0.323. The zero-order valence-corrected chi connectivity index (χ0v) is 10.9. The predicted octanol–water partition coefficient (Wildman–Crippen LogP) is 1.42. The van der Waals surface area contributed by atoms with Crippen molar-refractivity contribution in [3.05, 3.63) is 17.5 Å². The molecule has 17 heavy (non-hydrogen) atoms. The van der Waals surface area contributed by atoms with Crippen molar-refractivity contribution < 1.29 is 5.11 Å². The largest absolute Gasteiger partial charge is 0.396 e. The number of hydrogen-bond acceptors (Lipinski definition) is 3. The van der Waals surface area contributed by atoms with Crippen LogP contribution in [-0.4, -0.2) is 39.5 Å². The highest BCUT2D eigenvalue weighted by Gasteiger charge is 2.20. The number of likely N-dealkylation sites (tertiary alicyclic amines) is 1. The maximum absolute atomic E-state index is 9.23. The van der Waals surface area contributed by atoms with Gasteiger partial charge in [0.2, 0.25) is 0 Å². The van der Waals surface area contributed by atoms with Gasteiger partial charge in [-0.2, -0.15) is 5.10 Å². The number of hydrogen-bond donors (Lipinski definition) is 1. The van der Waals surface area contributed by atoms with Crippen LogP contribution in [-0.2, 0) is 13.1 Å². The van der Waals surface area contributed by atoms with Gasteiger partial charge in [0.1, 0.15) is 0 Å². The normalized spacial score (nSPS) is 21.9. The Morgan fingerprint density at radius 1 is 1.53 bits per heavy atom. The average Bonchev–Trinajstić information content (AvgIpc) is 2.70. The summed E-state index contributed by atoms with van der Waals surface area (Å²) >= 11 is 0. The van der Waals surface area contributed by atoms with Crippen LogP contribution >= 0.6 is 0 Å². The molecule has 0 amide bonds. The number of rotatable bonds is 4. The van der Waals surface area contributed by atoms with Crippen LogP contribution in [0.5, 0.6) is 0 Å². The molecule has 1 aromatic rings. The number of aliphatic hydroxyl groups excluding tert-OH is 1. The van der Waals surface area contributed by atoms with E-state index >= 15 is 0 Å². The smallest absolute Gasteiger partial charge is 0.0638 e. The predicted molar refractivity (Wildman–Crippen MR) is 67.7 cm³/mol. The van der Waals surface area contributed by atoms with Gasteiger partial charge in [0.15, 0.2) is 0 Å². The molecule has 0 aliphatic carbocycles. The van der Waals surface area contributed by atoms with Gasteiger partial charge in [-0.05, 0) is 39.2 Å². The Morgan fingerprint density at radius 2 is 2.35 bits per heavy atom. The second-order valence-corrected chi connectivity index (χ2v) is 5.02. The molecule has 1 aromatic heterocycles. The van der Waals surface area contributed by atoms with Gasteiger partial charge in [-0.3, -0.25) is 9.58 Å². The standard InChI is InChI=1S/C13H23N3O/c1-3-16-9-13(11(2)14-16)8-15-6-4-5-12(7-15)10-17/h9,12,17H,3-8,10H2,1-2H3. The first-order valence-electron chi connectivity index (χ1n) is 6.59. The van der Waals surface area contributed by atoms with Crippen LogP contribution in [0.15, 0.2) is 6.20 Å². The van der Waals surface area contributed by atoms with Crippen molar-refractivity contribution in [3.8, 4) is 0 Å². The summed E-state index contributed by atoms with van der Waals surface area (Å²) in [7, 11) is 0. The lowest BCUT2D eigenvalue weighted by molar-refractivity contribution is 0.115. The molecule has 1 aliphatic rings. The average molecular weight is 237 g/mol. The molecule has 2 heterocycles. The number of piperidine rings is 1. The van der Waals surface area contributed by atoms with Crippen molar-refractivity contribution in [2.45, 2.75) is 39.8 Å². The maximum Gasteiger partial charge on any atom is 0.0638 e. The van der Waals surface area contributed by atoms with Crippen molar-refractivity contribution in [3.63, 3.8) is 0 Å². The minimum Gasteiger partial charge on any atom is -0.396 e. The number of nitrogens with zero attached hydrogens (tertiary/aromatic N) is 3. The molecule has 1 atom stereocenters. The summed E-state index contributed by atoms with van der Waals surface area (Å²) in [4.78, 5) is 2.44. The summed E-state index contributed by atoms with van der Waals surface area (Å²) in [5, 5.41) is 13.7. The van der Waals surface area contributed by atoms with Crippen LogP contribution in [0.1, 0.15) is 31.0 Å². The van der Waals surface area contributed by atoms with E-state index in [9.17, 15) is 5.11 Å². The van der Waals surface area contributed by atoms with Crippen LogP contribution in [0, 0.1) is 12.8 Å². The first-order chi connectivity index (χ1) is 8.22. The van der Waals surface area contributed by atoms with Crippen LogP contribution in [0.4, 0.5) is 0 Å². The Kier molecular flexibility index (Phi) is 4.18. The quantitative estimate of drug-likeness (QED) is 0.861. The highest BCUT2D eigenvalue weighted by Crippen LogP contribution is 2.19. The monoisotopic (exact) mass is 237 g/mol. The SMILES string of the molecule is CCn1cc(CN2CCCC(CO)C2)c(C)n1. The summed E-state index contributed by atoms with van der Waals surface area (Å²) < 4.78 is 2.00. The van der Waals surface area contributed by atoms with Crippen LogP contribution in [0.25, 0.3) is 0 Å². The van der Waals surface area contributed by atoms with Gasteiger partial charge in [-0.1, -0.05) is 0 Å². The molecule has 1 aliphatic heterocycles. The summed E-state index contributed by atoms with van der Waals surface area (Å²) in [5.74, 6) is 0.463. The molecule has 4 nitrogen and oxygen atoms in total. The fraction of sp³-hybridized carbons (Fsp3) is 0.769. The van der Waals surface area contributed by atoms with Gasteiger partial charge in [-0.25, -0.2) is 0 Å². The molecule has 1 fully saturated rings. The summed E-state index contributed by atoms with van der Waals surface area (Å²) in [5.41, 5.74) is 2.46. The van der Waals surface area contributed by atoms with Gasteiger partial charge in [-0.15, -0.1) is 0 Å². The third kappa shape index (κ3) is 3.07. The zero-order chi connectivity index (χ0) is 12.3. The molecule has 96 valence electrons. The van der Waals surface area contributed by atoms with E-state index < -0.39 is 0 Å². The Hall–Kier alpha value is -0.870. The van der Waals surface area contributed by atoms with E-state index in [1.165, 1.54) is 18.4 Å². The fourth-order valence-electron chi connectivity index (χ4n) is 2.56. The molecule has 0 bridgehead atoms. The van der Waals surface area contributed by atoms with E-state index in [1.54, 1.807) is 0 Å². The lowest BCUT2D eigenvalue weighted by Gasteiger charge is -2.31. The van der Waals surface area contributed by atoms with Gasteiger partial charge in [0.05, 0.1) is 5.69 Å². The Balaban J connectivity index is 1.97. The Labute approximate surface area is 103 Å². The lowest BCUT2D eigenvalue weighted by Crippen LogP contribution is -2.36. The van der Waals surface area contributed by atoms with E-state index in [0.29, 0.717) is 12.5 Å². The Bertz CT molecular complexity index is 362. The molecule has 0 radical (unpaired) electrons. The van der Waals surface area contributed by atoms with E-state index in [0.717, 1.165) is 31.9 Å². The van der Waals surface area contributed by atoms with E-state index in [1.807, 2.05) is 4.68 Å². The highest BCUT2D eigenvalue weighted by atomic mass is 16.3. The Morgan fingerprint density at radius 3 is 3.00 bits per heavy atom. The molecule has 1 saturated heterocycles. The molecule has 0 spiro atoms. The number of aliphatic hydroxyl groups is 1. The molecule has 0 aromatic carbocycles. The van der Waals surface area contributed by atoms with E-state index in [-0.39, 0.29) is 0 Å². The highest BCUT2D eigenvalue weighted by molar-refractivity contribution is 5.15. The van der Waals surface area contributed by atoms with E-state index in [4.69, 9.17) is 0 Å². The van der Waals surface area contributed by atoms with E-state index in [2.05, 4.69) is 30.0 Å². The first-order valence-corrected chi connectivity index (χ1v) is 6.59. The van der Waals surface area contributed by atoms with Crippen LogP contribution < -0.4 is 0 Å². The summed E-state index contributed by atoms with van der Waals surface area (Å²) in [6, 6.07) is 0. The van der Waals surface area contributed by atoms with Crippen molar-refractivity contribution in [1.82, 2.24) is 14.7 Å². The third-order valence-corrected chi connectivity index (χ3v) is 3.63. The second kappa shape index (κ2) is 5.65. The molecule has 1 unspecified atom stereocenters. The number of aromatic nitrogens is 2. The molecule has 2 rings (SSSR count). The maximum atomic E-state index is 9.23. The topological polar surface area (TPSA) is 41.3 Å². The summed E-state index contributed by atoms with van der Waals surface area (Å²) in [6.07, 6.45) is 4.52. The second-order valence-electron chi connectivity index (χ2n) is 5.02. The minimum atomic E-state index is 0.323. The van der Waals surface area contributed by atoms with Crippen molar-refractivity contribution in [1.29, 1.82) is 0 Å². The molecule has 0 saturated carbocycles. The molecule has 1 N–H and O–H groups in total. The summed E-state index contributed by atoms with van der Waals surface area (Å²) in [6.45, 7) is 8.58. The van der Waals surface area contributed by atoms with Crippen molar-refractivity contribution in [2.75, 3.05) is 19.7 Å². The molecule has 4 heteroatoms. The molecular formula is C13H23N3O. The third-order valence-electron chi connectivity index (χ3n) is 3.63. The van der Waals surface area contributed by atoms with Crippen LogP contribution in [0.2, 0.25) is 0 Å². The molecular weight excluding hydrogens is 214 g/mol.